The van der Waals surface area contributed by atoms with Crippen LogP contribution in [0.5, 0.6) is 23.0 Å². The van der Waals surface area contributed by atoms with Gasteiger partial charge in [0.15, 0.2) is 23.0 Å². The number of hydrogen-bond acceptors (Lipinski definition) is 6. The average molecular weight is 539 g/mol. The number of nitrogens with one attached hydrogen (secondary N) is 1. The first-order valence-corrected chi connectivity index (χ1v) is 14.9. The molecule has 1 atom stereocenters. The maximum Gasteiger partial charge on any atom is 0.237 e. The number of ether oxygens (including phenoxy) is 4. The zero-order valence-electron chi connectivity index (χ0n) is 24.2. The van der Waals surface area contributed by atoms with Crippen molar-refractivity contribution in [3.05, 3.63) is 47.0 Å². The molecule has 7 heteroatoms. The van der Waals surface area contributed by atoms with Gasteiger partial charge in [0.25, 0.3) is 0 Å². The number of fused-ring (bicyclic) bond motifs is 1. The molecule has 0 radical (unpaired) electrons. The van der Waals surface area contributed by atoms with Gasteiger partial charge in [0, 0.05) is 12.6 Å². The highest BCUT2D eigenvalue weighted by molar-refractivity contribution is 5.79. The zero-order valence-corrected chi connectivity index (χ0v) is 24.2. The summed E-state index contributed by atoms with van der Waals surface area (Å²) < 4.78 is 23.6. The van der Waals surface area contributed by atoms with Gasteiger partial charge in [0.2, 0.25) is 5.91 Å². The van der Waals surface area contributed by atoms with Gasteiger partial charge in [0.1, 0.15) is 0 Å². The van der Waals surface area contributed by atoms with E-state index in [2.05, 4.69) is 34.5 Å². The minimum Gasteiger partial charge on any atom is -0.490 e. The molecule has 2 aromatic carbocycles. The van der Waals surface area contributed by atoms with Crippen molar-refractivity contribution < 1.29 is 23.7 Å². The Morgan fingerprint density at radius 1 is 0.821 bits per heavy atom. The van der Waals surface area contributed by atoms with Crippen molar-refractivity contribution in [2.45, 2.75) is 84.7 Å². The summed E-state index contributed by atoms with van der Waals surface area (Å²) in [5.74, 6) is 3.15. The third-order valence-corrected chi connectivity index (χ3v) is 7.67. The Balaban J connectivity index is 1.65. The summed E-state index contributed by atoms with van der Waals surface area (Å²) in [6, 6.07) is 10.7. The lowest BCUT2D eigenvalue weighted by atomic mass is 9.88. The molecule has 39 heavy (non-hydrogen) atoms. The molecule has 1 heterocycles. The number of rotatable bonds is 13. The molecule has 1 unspecified atom stereocenters. The lowest BCUT2D eigenvalue weighted by molar-refractivity contribution is -0.133. The average Bonchev–Trinajstić information content (AvgIpc) is 2.95. The van der Waals surface area contributed by atoms with Gasteiger partial charge >= 0.3 is 0 Å². The molecule has 0 saturated heterocycles. The molecule has 7 nitrogen and oxygen atoms in total. The number of amides is 1. The molecule has 1 aliphatic heterocycles. The van der Waals surface area contributed by atoms with Crippen LogP contribution in [0.3, 0.4) is 0 Å². The van der Waals surface area contributed by atoms with Crippen LogP contribution in [-0.4, -0.2) is 56.4 Å². The van der Waals surface area contributed by atoms with Gasteiger partial charge in [-0.3, -0.25) is 4.79 Å². The number of carbonyl (C=O) groups excluding carboxylic acids is 1. The molecule has 1 aliphatic carbocycles. The van der Waals surface area contributed by atoms with Crippen LogP contribution in [-0.2, 0) is 17.6 Å². The SMILES string of the molecule is CCOc1ccc(CC2c3cc(OCC)c(OCC)cc3CCN2C(=O)CNC2CCCCC2)cc1OCC. The van der Waals surface area contributed by atoms with Gasteiger partial charge in [-0.2, -0.15) is 0 Å². The third kappa shape index (κ3) is 7.38. The topological polar surface area (TPSA) is 69.3 Å². The van der Waals surface area contributed by atoms with Crippen LogP contribution < -0.4 is 24.3 Å². The van der Waals surface area contributed by atoms with E-state index in [9.17, 15) is 4.79 Å². The molecule has 1 saturated carbocycles. The van der Waals surface area contributed by atoms with Gasteiger partial charge in [-0.1, -0.05) is 25.3 Å². The third-order valence-electron chi connectivity index (χ3n) is 7.67. The molecule has 214 valence electrons. The van der Waals surface area contributed by atoms with Crippen molar-refractivity contribution in [1.29, 1.82) is 0 Å². The standard InChI is InChI=1S/C32H46N2O5/c1-5-36-28-15-14-23(19-29(28)37-6-2)18-27-26-21-31(39-8-4)30(38-7-3)20-24(26)16-17-34(27)32(35)22-33-25-12-10-9-11-13-25/h14-15,19-21,25,27,33H,5-13,16-18,22H2,1-4H3. The van der Waals surface area contributed by atoms with Crippen LogP contribution in [0.4, 0.5) is 0 Å². The van der Waals surface area contributed by atoms with Crippen molar-refractivity contribution in [2.75, 3.05) is 39.5 Å². The van der Waals surface area contributed by atoms with Crippen LogP contribution >= 0.6 is 0 Å². The highest BCUT2D eigenvalue weighted by Gasteiger charge is 2.33. The summed E-state index contributed by atoms with van der Waals surface area (Å²) in [5.41, 5.74) is 3.45. The molecule has 1 amide bonds. The van der Waals surface area contributed by atoms with Crippen LogP contribution in [0.25, 0.3) is 0 Å². The normalized spacial score (nSPS) is 17.4. The fourth-order valence-electron chi connectivity index (χ4n) is 5.85. The van der Waals surface area contributed by atoms with E-state index in [1.807, 2.05) is 33.8 Å². The van der Waals surface area contributed by atoms with E-state index in [4.69, 9.17) is 18.9 Å². The minimum atomic E-state index is -0.114. The summed E-state index contributed by atoms with van der Waals surface area (Å²) in [6.45, 7) is 11.2. The second kappa shape index (κ2) is 14.5. The van der Waals surface area contributed by atoms with E-state index in [1.165, 1.54) is 24.8 Å². The first-order valence-electron chi connectivity index (χ1n) is 14.9. The Labute approximate surface area is 234 Å². The molecule has 2 aromatic rings. The second-order valence-electron chi connectivity index (χ2n) is 10.3. The van der Waals surface area contributed by atoms with Gasteiger partial charge in [-0.15, -0.1) is 0 Å². The number of nitrogens with zero attached hydrogens (tertiary/aromatic N) is 1. The van der Waals surface area contributed by atoms with Gasteiger partial charge < -0.3 is 29.2 Å². The number of hydrogen-bond donors (Lipinski definition) is 1. The van der Waals surface area contributed by atoms with E-state index in [0.717, 1.165) is 53.4 Å². The van der Waals surface area contributed by atoms with Crippen LogP contribution in [0.15, 0.2) is 30.3 Å². The van der Waals surface area contributed by atoms with Gasteiger partial charge in [-0.25, -0.2) is 0 Å². The largest absolute Gasteiger partial charge is 0.490 e. The predicted molar refractivity (Wildman–Crippen MR) is 154 cm³/mol. The fourth-order valence-corrected chi connectivity index (χ4v) is 5.85. The zero-order chi connectivity index (χ0) is 27.6. The van der Waals surface area contributed by atoms with Crippen molar-refractivity contribution in [3.63, 3.8) is 0 Å². The summed E-state index contributed by atoms with van der Waals surface area (Å²) in [4.78, 5) is 15.8. The predicted octanol–water partition coefficient (Wildman–Crippen LogP) is 5.87. The highest BCUT2D eigenvalue weighted by Crippen LogP contribution is 2.41. The number of carbonyl (C=O) groups is 1. The monoisotopic (exact) mass is 538 g/mol. The molecule has 4 rings (SSSR count). The maximum atomic E-state index is 13.7. The minimum absolute atomic E-state index is 0.114. The van der Waals surface area contributed by atoms with E-state index in [0.29, 0.717) is 52.0 Å². The van der Waals surface area contributed by atoms with Crippen molar-refractivity contribution >= 4 is 5.91 Å². The van der Waals surface area contributed by atoms with E-state index in [-0.39, 0.29) is 11.9 Å². The molecule has 0 aromatic heterocycles. The first-order chi connectivity index (χ1) is 19.1. The van der Waals surface area contributed by atoms with Gasteiger partial charge in [-0.05, 0) is 94.3 Å². The number of benzene rings is 2. The molecular formula is C32H46N2O5. The lowest BCUT2D eigenvalue weighted by Gasteiger charge is -2.38. The van der Waals surface area contributed by atoms with Crippen LogP contribution in [0, 0.1) is 0 Å². The van der Waals surface area contributed by atoms with Gasteiger partial charge in [0.05, 0.1) is 39.0 Å². The Morgan fingerprint density at radius 3 is 2.10 bits per heavy atom. The Bertz CT molecular complexity index is 1080. The second-order valence-corrected chi connectivity index (χ2v) is 10.3. The van der Waals surface area contributed by atoms with Crippen LogP contribution in [0.1, 0.15) is 82.5 Å². The van der Waals surface area contributed by atoms with E-state index < -0.39 is 0 Å². The van der Waals surface area contributed by atoms with E-state index >= 15 is 0 Å². The summed E-state index contributed by atoms with van der Waals surface area (Å²) in [6.07, 6.45) is 7.57. The maximum absolute atomic E-state index is 13.7. The smallest absolute Gasteiger partial charge is 0.237 e. The molecule has 1 fully saturated rings. The Kier molecular flexibility index (Phi) is 10.8. The molecular weight excluding hydrogens is 492 g/mol. The highest BCUT2D eigenvalue weighted by atomic mass is 16.5. The molecule has 0 bridgehead atoms. The first kappa shape index (κ1) is 29.1. The molecule has 1 N–H and O–H groups in total. The summed E-state index contributed by atoms with van der Waals surface area (Å²) in [5, 5.41) is 3.56. The lowest BCUT2D eigenvalue weighted by Crippen LogP contribution is -2.46. The Hall–Kier alpha value is -2.93. The van der Waals surface area contributed by atoms with Crippen molar-refractivity contribution in [1.82, 2.24) is 10.2 Å². The fraction of sp³-hybridized carbons (Fsp3) is 0.594. The van der Waals surface area contributed by atoms with Crippen molar-refractivity contribution in [2.24, 2.45) is 0 Å². The summed E-state index contributed by atoms with van der Waals surface area (Å²) in [7, 11) is 0. The van der Waals surface area contributed by atoms with E-state index in [1.54, 1.807) is 0 Å². The molecule has 0 spiro atoms. The summed E-state index contributed by atoms with van der Waals surface area (Å²) >= 11 is 0. The Morgan fingerprint density at radius 2 is 1.44 bits per heavy atom. The van der Waals surface area contributed by atoms with Crippen LogP contribution in [0.2, 0.25) is 0 Å². The quantitative estimate of drug-likeness (QED) is 0.344. The van der Waals surface area contributed by atoms with Crippen molar-refractivity contribution in [3.8, 4) is 23.0 Å². The molecule has 2 aliphatic rings.